The van der Waals surface area contributed by atoms with E-state index in [4.69, 9.17) is 0 Å². The van der Waals surface area contributed by atoms with Crippen molar-refractivity contribution >= 4 is 8.07 Å². The summed E-state index contributed by atoms with van der Waals surface area (Å²) in [4.78, 5) is 0. The van der Waals surface area contributed by atoms with Gasteiger partial charge in [0.2, 0.25) is 0 Å². The van der Waals surface area contributed by atoms with E-state index in [1.807, 2.05) is 0 Å². The van der Waals surface area contributed by atoms with Gasteiger partial charge in [0.25, 0.3) is 0 Å². The third kappa shape index (κ3) is 4.41. The third-order valence-corrected chi connectivity index (χ3v) is 5.01. The Hall–Kier alpha value is -0.0431. The van der Waals surface area contributed by atoms with Crippen LogP contribution in [0.4, 0.5) is 0 Å². The molecule has 1 heteroatoms. The number of hydrogen-bond donors (Lipinski definition) is 0. The second-order valence-electron chi connectivity index (χ2n) is 4.35. The first-order chi connectivity index (χ1) is 5.02. The molecule has 0 nitrogen and oxygen atoms in total. The Kier molecular flexibility index (Phi) is 4.74. The Balaban J connectivity index is 3.86. The highest BCUT2D eigenvalue weighted by Gasteiger charge is 2.22. The smallest absolute Gasteiger partial charge is 0.0513 e. The van der Waals surface area contributed by atoms with Crippen molar-refractivity contribution in [3.05, 3.63) is 12.7 Å². The van der Waals surface area contributed by atoms with Gasteiger partial charge in [0, 0.05) is 0 Å². The zero-order valence-corrected chi connectivity index (χ0v) is 9.48. The highest BCUT2D eigenvalue weighted by Crippen LogP contribution is 2.27. The van der Waals surface area contributed by atoms with Crippen LogP contribution >= 0.6 is 0 Å². The molecule has 0 saturated heterocycles. The van der Waals surface area contributed by atoms with Gasteiger partial charge in [0.1, 0.15) is 0 Å². The molecule has 0 N–H and O–H groups in total. The first-order valence-corrected chi connectivity index (χ1v) is 8.22. The monoisotopic (exact) mass is 170 g/mol. The van der Waals surface area contributed by atoms with Gasteiger partial charge in [-0.3, -0.25) is 0 Å². The minimum Gasteiger partial charge on any atom is -0.103 e. The fourth-order valence-corrected chi connectivity index (χ4v) is 3.11. The molecule has 1 atom stereocenters. The van der Waals surface area contributed by atoms with Gasteiger partial charge in [-0.05, 0) is 12.0 Å². The predicted molar refractivity (Wildman–Crippen MR) is 56.8 cm³/mol. The maximum absolute atomic E-state index is 3.92. The average molecular weight is 170 g/mol. The normalized spacial score (nSPS) is 14.5. The molecule has 0 rings (SSSR count). The van der Waals surface area contributed by atoms with Crippen molar-refractivity contribution in [2.45, 2.75) is 51.4 Å². The van der Waals surface area contributed by atoms with E-state index in [2.05, 4.69) is 39.2 Å². The summed E-state index contributed by atoms with van der Waals surface area (Å²) in [6.45, 7) is 13.4. The van der Waals surface area contributed by atoms with Gasteiger partial charge in [-0.15, -0.1) is 6.58 Å². The molecule has 0 aromatic rings. The van der Waals surface area contributed by atoms with Crippen LogP contribution in [0.5, 0.6) is 0 Å². The summed E-state index contributed by atoms with van der Waals surface area (Å²) in [6, 6.07) is 0. The Morgan fingerprint density at radius 1 is 1.36 bits per heavy atom. The molecule has 0 aromatic carbocycles. The highest BCUT2D eigenvalue weighted by atomic mass is 28.3. The number of allylic oxidation sites excluding steroid dienone is 1. The molecule has 1 unspecified atom stereocenters. The van der Waals surface area contributed by atoms with Crippen LogP contribution in [0.1, 0.15) is 26.2 Å². The fraction of sp³-hybridized carbons (Fsp3) is 0.800. The molecule has 0 fully saturated rings. The molecule has 0 spiro atoms. The third-order valence-electron chi connectivity index (χ3n) is 2.27. The molecule has 0 saturated carbocycles. The summed E-state index contributed by atoms with van der Waals surface area (Å²) in [5, 5.41) is 0. The van der Waals surface area contributed by atoms with Gasteiger partial charge in [0.05, 0.1) is 8.07 Å². The zero-order valence-electron chi connectivity index (χ0n) is 8.48. The lowest BCUT2D eigenvalue weighted by atomic mass is 10.2. The summed E-state index contributed by atoms with van der Waals surface area (Å²) < 4.78 is 0. The lowest BCUT2D eigenvalue weighted by Crippen LogP contribution is -2.26. The summed E-state index contributed by atoms with van der Waals surface area (Å²) in [6.07, 6.45) is 6.20. The Labute approximate surface area is 72.7 Å². The molecule has 0 aliphatic carbocycles. The van der Waals surface area contributed by atoms with Gasteiger partial charge < -0.3 is 0 Å². The van der Waals surface area contributed by atoms with E-state index in [-0.39, 0.29) is 0 Å². The van der Waals surface area contributed by atoms with Crippen LogP contribution in [0.2, 0.25) is 25.2 Å². The molecule has 0 heterocycles. The molecule has 0 bridgehead atoms. The van der Waals surface area contributed by atoms with Crippen molar-refractivity contribution in [1.29, 1.82) is 0 Å². The predicted octanol–water partition coefficient (Wildman–Crippen LogP) is 4.07. The maximum Gasteiger partial charge on any atom is 0.0513 e. The second-order valence-corrected chi connectivity index (χ2v) is 9.82. The van der Waals surface area contributed by atoms with Crippen LogP contribution in [0.25, 0.3) is 0 Å². The van der Waals surface area contributed by atoms with Crippen molar-refractivity contribution in [3.63, 3.8) is 0 Å². The Morgan fingerprint density at radius 3 is 2.18 bits per heavy atom. The topological polar surface area (TPSA) is 0 Å². The van der Waals surface area contributed by atoms with Gasteiger partial charge >= 0.3 is 0 Å². The number of rotatable bonds is 5. The van der Waals surface area contributed by atoms with Crippen molar-refractivity contribution in [3.8, 4) is 0 Å². The van der Waals surface area contributed by atoms with Crippen molar-refractivity contribution in [2.24, 2.45) is 0 Å². The fourth-order valence-electron chi connectivity index (χ4n) is 1.33. The first kappa shape index (κ1) is 11.0. The molecule has 66 valence electrons. The quantitative estimate of drug-likeness (QED) is 0.431. The van der Waals surface area contributed by atoms with Crippen LogP contribution in [0, 0.1) is 0 Å². The van der Waals surface area contributed by atoms with E-state index in [1.54, 1.807) is 0 Å². The standard InChI is InChI=1S/C10H22Si/c1-6-8-9-10(7-2)11(3,4)5/h7,10H,2,6,8-9H2,1,3-5H3. The van der Waals surface area contributed by atoms with Gasteiger partial charge in [-0.1, -0.05) is 45.5 Å². The summed E-state index contributed by atoms with van der Waals surface area (Å²) >= 11 is 0. The van der Waals surface area contributed by atoms with Crippen LogP contribution in [-0.4, -0.2) is 8.07 Å². The maximum atomic E-state index is 3.92. The van der Waals surface area contributed by atoms with Crippen LogP contribution in [0.3, 0.4) is 0 Å². The minimum absolute atomic E-state index is 0.822. The molecular formula is C10H22Si. The van der Waals surface area contributed by atoms with E-state index in [9.17, 15) is 0 Å². The summed E-state index contributed by atoms with van der Waals surface area (Å²) in [7, 11) is -0.942. The summed E-state index contributed by atoms with van der Waals surface area (Å²) in [5.41, 5.74) is 0.822. The summed E-state index contributed by atoms with van der Waals surface area (Å²) in [5.74, 6) is 0. The lowest BCUT2D eigenvalue weighted by Gasteiger charge is -2.25. The van der Waals surface area contributed by atoms with E-state index < -0.39 is 8.07 Å². The first-order valence-electron chi connectivity index (χ1n) is 4.65. The largest absolute Gasteiger partial charge is 0.103 e. The lowest BCUT2D eigenvalue weighted by molar-refractivity contribution is 0.716. The van der Waals surface area contributed by atoms with Crippen molar-refractivity contribution < 1.29 is 0 Å². The minimum atomic E-state index is -0.942. The van der Waals surface area contributed by atoms with E-state index >= 15 is 0 Å². The van der Waals surface area contributed by atoms with Crippen LogP contribution in [-0.2, 0) is 0 Å². The zero-order chi connectivity index (χ0) is 8.91. The molecule has 0 radical (unpaired) electrons. The van der Waals surface area contributed by atoms with Gasteiger partial charge in [0.15, 0.2) is 0 Å². The Bertz CT molecular complexity index is 111. The molecule has 0 aliphatic heterocycles. The molecule has 0 aliphatic rings. The Morgan fingerprint density at radius 2 is 1.91 bits per heavy atom. The van der Waals surface area contributed by atoms with Crippen LogP contribution in [0.15, 0.2) is 12.7 Å². The molecule has 0 amide bonds. The van der Waals surface area contributed by atoms with Gasteiger partial charge in [-0.25, -0.2) is 0 Å². The number of hydrogen-bond acceptors (Lipinski definition) is 0. The number of unbranched alkanes of at least 4 members (excludes halogenated alkanes) is 1. The average Bonchev–Trinajstić information content (AvgIpc) is 1.87. The SMILES string of the molecule is C=CC(CCCC)[Si](C)(C)C. The molecular weight excluding hydrogens is 148 g/mol. The second kappa shape index (κ2) is 4.76. The van der Waals surface area contributed by atoms with Crippen molar-refractivity contribution in [2.75, 3.05) is 0 Å². The van der Waals surface area contributed by atoms with E-state index in [0.29, 0.717) is 0 Å². The van der Waals surface area contributed by atoms with E-state index in [1.165, 1.54) is 19.3 Å². The van der Waals surface area contributed by atoms with Gasteiger partial charge in [-0.2, -0.15) is 0 Å². The van der Waals surface area contributed by atoms with Crippen molar-refractivity contribution in [1.82, 2.24) is 0 Å². The van der Waals surface area contributed by atoms with E-state index in [0.717, 1.165) is 5.54 Å². The van der Waals surface area contributed by atoms with Crippen LogP contribution < -0.4 is 0 Å². The molecule has 0 aromatic heterocycles. The molecule has 11 heavy (non-hydrogen) atoms. The highest BCUT2D eigenvalue weighted by molar-refractivity contribution is 6.78.